The summed E-state index contributed by atoms with van der Waals surface area (Å²) < 4.78 is 56.9. The first kappa shape index (κ1) is 22.3. The Bertz CT molecular complexity index is 1080. The third-order valence-electron chi connectivity index (χ3n) is 3.46. The van der Waals surface area contributed by atoms with E-state index in [4.69, 9.17) is 22.1 Å². The Hall–Kier alpha value is -1.40. The summed E-state index contributed by atoms with van der Waals surface area (Å²) in [6.07, 6.45) is 0. The number of benzene rings is 1. The summed E-state index contributed by atoms with van der Waals surface area (Å²) in [7, 11) is -8.03. The number of hydrogen-bond acceptors (Lipinski definition) is 11. The number of morpholine rings is 1. The van der Waals surface area contributed by atoms with Gasteiger partial charge in [-0.15, -0.1) is 10.2 Å². The minimum absolute atomic E-state index is 0.0397. The van der Waals surface area contributed by atoms with Crippen LogP contribution in [-0.2, 0) is 24.8 Å². The van der Waals surface area contributed by atoms with Crippen LogP contribution in [0.25, 0.3) is 0 Å². The number of nitrogens with two attached hydrogens (primary N) is 1. The maximum absolute atomic E-state index is 12.4. The third kappa shape index (κ3) is 6.29. The van der Waals surface area contributed by atoms with Gasteiger partial charge in [0.15, 0.2) is 4.32 Å². The zero-order valence-electron chi connectivity index (χ0n) is 14.6. The standard InChI is InChI=1S/C13H16N6O5S5/c14-28(20,21)13-17-16-11(26-13)18-29(22,23)10-3-1-9(2-4-10)15-12(25)27-19-5-7-24-8-6-19/h1-4H,5-8H2,(H,15,25)(H,16,18)(H2,14,20,21). The van der Waals surface area contributed by atoms with Crippen molar-refractivity contribution < 1.29 is 21.6 Å². The molecule has 1 saturated heterocycles. The van der Waals surface area contributed by atoms with Gasteiger partial charge in [0.05, 0.1) is 18.1 Å². The second-order valence-electron chi connectivity index (χ2n) is 5.59. The Labute approximate surface area is 181 Å². The van der Waals surface area contributed by atoms with Gasteiger partial charge in [0.25, 0.3) is 20.0 Å². The number of anilines is 2. The molecule has 11 nitrogen and oxygen atoms in total. The third-order valence-corrected chi connectivity index (χ3v) is 8.31. The van der Waals surface area contributed by atoms with E-state index in [0.29, 0.717) is 34.6 Å². The lowest BCUT2D eigenvalue weighted by Crippen LogP contribution is -2.32. The largest absolute Gasteiger partial charge is 0.379 e. The van der Waals surface area contributed by atoms with Gasteiger partial charge in [-0.2, -0.15) is 0 Å². The molecule has 1 fully saturated rings. The summed E-state index contributed by atoms with van der Waals surface area (Å²) in [4.78, 5) is -0.0397. The van der Waals surface area contributed by atoms with Crippen LogP contribution in [0.5, 0.6) is 0 Å². The van der Waals surface area contributed by atoms with Crippen LogP contribution >= 0.6 is 35.5 Å². The van der Waals surface area contributed by atoms with Crippen LogP contribution < -0.4 is 15.2 Å². The predicted molar refractivity (Wildman–Crippen MR) is 115 cm³/mol. The fourth-order valence-electron chi connectivity index (χ4n) is 2.15. The van der Waals surface area contributed by atoms with Crippen molar-refractivity contribution in [3.05, 3.63) is 24.3 Å². The summed E-state index contributed by atoms with van der Waals surface area (Å²) in [5.41, 5.74) is 0.627. The van der Waals surface area contributed by atoms with Crippen molar-refractivity contribution in [1.29, 1.82) is 0 Å². The summed E-state index contributed by atoms with van der Waals surface area (Å²) in [5.74, 6) is 0. The van der Waals surface area contributed by atoms with Crippen LogP contribution in [0.3, 0.4) is 0 Å². The summed E-state index contributed by atoms with van der Waals surface area (Å²) in [6.45, 7) is 2.85. The second kappa shape index (κ2) is 9.17. The van der Waals surface area contributed by atoms with E-state index in [9.17, 15) is 16.8 Å². The van der Waals surface area contributed by atoms with Crippen molar-refractivity contribution in [2.24, 2.45) is 5.14 Å². The molecular formula is C13H16N6O5S5. The molecule has 158 valence electrons. The Morgan fingerprint density at radius 1 is 1.17 bits per heavy atom. The van der Waals surface area contributed by atoms with E-state index in [-0.39, 0.29) is 10.0 Å². The van der Waals surface area contributed by atoms with Crippen molar-refractivity contribution >= 4 is 70.7 Å². The molecule has 1 aliphatic rings. The van der Waals surface area contributed by atoms with Crippen molar-refractivity contribution in [3.8, 4) is 0 Å². The molecule has 4 N–H and O–H groups in total. The van der Waals surface area contributed by atoms with E-state index in [2.05, 4.69) is 24.5 Å². The first-order chi connectivity index (χ1) is 13.6. The molecular weight excluding hydrogens is 481 g/mol. The summed E-state index contributed by atoms with van der Waals surface area (Å²) in [5, 5.41) is 14.6. The zero-order valence-corrected chi connectivity index (χ0v) is 18.7. The van der Waals surface area contributed by atoms with Gasteiger partial charge < -0.3 is 10.1 Å². The van der Waals surface area contributed by atoms with Gasteiger partial charge in [-0.3, -0.25) is 4.72 Å². The van der Waals surface area contributed by atoms with Crippen molar-refractivity contribution in [2.45, 2.75) is 9.24 Å². The van der Waals surface area contributed by atoms with Crippen LogP contribution in [0.1, 0.15) is 0 Å². The lowest BCUT2D eigenvalue weighted by molar-refractivity contribution is 0.0778. The number of aromatic nitrogens is 2. The fraction of sp³-hybridized carbons (Fsp3) is 0.308. The highest BCUT2D eigenvalue weighted by molar-refractivity contribution is 8.21. The number of thiocarbonyl (C=S) groups is 1. The minimum Gasteiger partial charge on any atom is -0.379 e. The quantitative estimate of drug-likeness (QED) is 0.381. The van der Waals surface area contributed by atoms with Crippen molar-refractivity contribution in [2.75, 3.05) is 36.3 Å². The smallest absolute Gasteiger partial charge is 0.267 e. The van der Waals surface area contributed by atoms with E-state index < -0.39 is 24.4 Å². The van der Waals surface area contributed by atoms with Gasteiger partial charge >= 0.3 is 0 Å². The molecule has 1 aromatic carbocycles. The highest BCUT2D eigenvalue weighted by Crippen LogP contribution is 2.23. The highest BCUT2D eigenvalue weighted by atomic mass is 32.2. The number of hydrogen-bond donors (Lipinski definition) is 3. The number of rotatable bonds is 6. The number of sulfonamides is 2. The van der Waals surface area contributed by atoms with Crippen LogP contribution in [0, 0.1) is 0 Å². The topological polar surface area (TPSA) is 157 Å². The molecule has 0 atom stereocenters. The van der Waals surface area contributed by atoms with Gasteiger partial charge in [0.2, 0.25) is 9.47 Å². The minimum atomic E-state index is -4.05. The van der Waals surface area contributed by atoms with Gasteiger partial charge in [0.1, 0.15) is 0 Å². The average Bonchev–Trinajstić information content (AvgIpc) is 3.11. The van der Waals surface area contributed by atoms with Crippen molar-refractivity contribution in [1.82, 2.24) is 14.5 Å². The number of ether oxygens (including phenoxy) is 1. The van der Waals surface area contributed by atoms with Crippen LogP contribution in [0.2, 0.25) is 0 Å². The predicted octanol–water partition coefficient (Wildman–Crippen LogP) is 0.664. The van der Waals surface area contributed by atoms with E-state index in [1.54, 1.807) is 12.1 Å². The maximum Gasteiger partial charge on any atom is 0.267 e. The van der Waals surface area contributed by atoms with Gasteiger partial charge in [-0.25, -0.2) is 26.3 Å². The second-order valence-corrected chi connectivity index (χ2v) is 11.8. The van der Waals surface area contributed by atoms with Gasteiger partial charge in [0, 0.05) is 18.8 Å². The van der Waals surface area contributed by atoms with E-state index in [1.807, 2.05) is 0 Å². The van der Waals surface area contributed by atoms with E-state index in [0.717, 1.165) is 13.1 Å². The number of nitrogens with zero attached hydrogens (tertiary/aromatic N) is 3. The molecule has 3 rings (SSSR count). The molecule has 0 unspecified atom stereocenters. The highest BCUT2D eigenvalue weighted by Gasteiger charge is 2.20. The van der Waals surface area contributed by atoms with Crippen molar-refractivity contribution in [3.63, 3.8) is 0 Å². The van der Waals surface area contributed by atoms with Crippen LogP contribution in [0.15, 0.2) is 33.5 Å². The molecule has 1 aromatic heterocycles. The molecule has 0 saturated carbocycles. The van der Waals surface area contributed by atoms with Gasteiger partial charge in [-0.1, -0.05) is 23.6 Å². The molecule has 0 aliphatic carbocycles. The van der Waals surface area contributed by atoms with Gasteiger partial charge in [-0.05, 0) is 36.2 Å². The SMILES string of the molecule is NS(=O)(=O)c1nnc(NS(=O)(=O)c2ccc(NC(=S)SN3CCOCC3)cc2)s1. The number of nitrogens with one attached hydrogen (secondary N) is 2. The molecule has 0 radical (unpaired) electrons. The molecule has 0 amide bonds. The number of primary sulfonamides is 1. The first-order valence-corrected chi connectivity index (χ1v) is 13.0. The first-order valence-electron chi connectivity index (χ1n) is 7.94. The molecule has 2 heterocycles. The van der Waals surface area contributed by atoms with E-state index >= 15 is 0 Å². The molecule has 29 heavy (non-hydrogen) atoms. The molecule has 1 aliphatic heterocycles. The Morgan fingerprint density at radius 2 is 1.83 bits per heavy atom. The Morgan fingerprint density at radius 3 is 2.41 bits per heavy atom. The zero-order chi connectivity index (χ0) is 21.1. The molecule has 0 spiro atoms. The fourth-order valence-corrected chi connectivity index (χ4v) is 5.88. The lowest BCUT2D eigenvalue weighted by Gasteiger charge is -2.25. The normalized spacial score (nSPS) is 15.8. The molecule has 2 aromatic rings. The lowest BCUT2D eigenvalue weighted by atomic mass is 10.3. The average molecular weight is 497 g/mol. The Balaban J connectivity index is 1.62. The maximum atomic E-state index is 12.4. The summed E-state index contributed by atoms with van der Waals surface area (Å²) in [6, 6.07) is 5.90. The molecule has 0 bridgehead atoms. The Kier molecular flexibility index (Phi) is 7.05. The van der Waals surface area contributed by atoms with E-state index in [1.165, 1.54) is 24.1 Å². The molecule has 16 heteroatoms. The monoisotopic (exact) mass is 496 g/mol. The summed E-state index contributed by atoms with van der Waals surface area (Å²) >= 11 is 7.23. The van der Waals surface area contributed by atoms with Crippen LogP contribution in [0.4, 0.5) is 10.8 Å². The van der Waals surface area contributed by atoms with Crippen LogP contribution in [-0.4, -0.2) is 62.0 Å².